The molecule has 1 aromatic heterocycles. The van der Waals surface area contributed by atoms with E-state index in [4.69, 9.17) is 10.3 Å². The van der Waals surface area contributed by atoms with E-state index in [9.17, 15) is 9.59 Å². The SMILES string of the molecule is C[C@@H]1C[C@H](NC(=O)c2cc(C3CC3)on2)CCN1C(=O)CC(CN)Cc1ccccc1. The summed E-state index contributed by atoms with van der Waals surface area (Å²) in [4.78, 5) is 27.4. The van der Waals surface area contributed by atoms with Gasteiger partial charge in [0.05, 0.1) is 0 Å². The summed E-state index contributed by atoms with van der Waals surface area (Å²) >= 11 is 0. The van der Waals surface area contributed by atoms with Crippen molar-refractivity contribution in [2.75, 3.05) is 13.1 Å². The van der Waals surface area contributed by atoms with Gasteiger partial charge in [0.1, 0.15) is 5.76 Å². The van der Waals surface area contributed by atoms with Gasteiger partial charge < -0.3 is 20.5 Å². The summed E-state index contributed by atoms with van der Waals surface area (Å²) < 4.78 is 5.28. The molecule has 1 saturated carbocycles. The van der Waals surface area contributed by atoms with Gasteiger partial charge in [-0.05, 0) is 57.1 Å². The predicted octanol–water partition coefficient (Wildman–Crippen LogP) is 2.87. The molecule has 3 N–H and O–H groups in total. The minimum atomic E-state index is -0.196. The number of nitrogens with one attached hydrogen (secondary N) is 1. The van der Waals surface area contributed by atoms with Crippen LogP contribution in [-0.2, 0) is 11.2 Å². The zero-order valence-electron chi connectivity index (χ0n) is 18.1. The van der Waals surface area contributed by atoms with Crippen molar-refractivity contribution in [2.24, 2.45) is 11.7 Å². The molecule has 3 atom stereocenters. The molecule has 31 heavy (non-hydrogen) atoms. The minimum Gasteiger partial charge on any atom is -0.360 e. The van der Waals surface area contributed by atoms with Gasteiger partial charge in [-0.1, -0.05) is 35.5 Å². The van der Waals surface area contributed by atoms with Crippen LogP contribution >= 0.6 is 0 Å². The molecule has 0 bridgehead atoms. The second kappa shape index (κ2) is 9.64. The highest BCUT2D eigenvalue weighted by Gasteiger charge is 2.32. The Morgan fingerprint density at radius 2 is 2.03 bits per heavy atom. The highest BCUT2D eigenvalue weighted by atomic mass is 16.5. The number of rotatable bonds is 8. The van der Waals surface area contributed by atoms with Crippen LogP contribution in [0, 0.1) is 5.92 Å². The minimum absolute atomic E-state index is 0.0299. The average molecular weight is 425 g/mol. The van der Waals surface area contributed by atoms with E-state index in [0.29, 0.717) is 31.1 Å². The summed E-state index contributed by atoms with van der Waals surface area (Å²) in [7, 11) is 0. The van der Waals surface area contributed by atoms with Crippen molar-refractivity contribution in [2.45, 2.75) is 63.5 Å². The van der Waals surface area contributed by atoms with Gasteiger partial charge in [0.2, 0.25) is 5.91 Å². The van der Waals surface area contributed by atoms with Crippen LogP contribution in [0.15, 0.2) is 40.9 Å². The highest BCUT2D eigenvalue weighted by Crippen LogP contribution is 2.40. The van der Waals surface area contributed by atoms with Gasteiger partial charge in [0.15, 0.2) is 5.69 Å². The molecule has 2 fully saturated rings. The van der Waals surface area contributed by atoms with E-state index >= 15 is 0 Å². The molecule has 0 radical (unpaired) electrons. The Morgan fingerprint density at radius 1 is 1.26 bits per heavy atom. The third kappa shape index (κ3) is 5.53. The second-order valence-electron chi connectivity index (χ2n) is 9.02. The van der Waals surface area contributed by atoms with E-state index in [-0.39, 0.29) is 29.8 Å². The summed E-state index contributed by atoms with van der Waals surface area (Å²) in [6.07, 6.45) is 4.95. The van der Waals surface area contributed by atoms with Gasteiger partial charge in [-0.2, -0.15) is 0 Å². The maximum Gasteiger partial charge on any atom is 0.273 e. The molecule has 1 aliphatic carbocycles. The lowest BCUT2D eigenvalue weighted by Crippen LogP contribution is -2.51. The number of aromatic nitrogens is 1. The first-order valence-electron chi connectivity index (χ1n) is 11.3. The number of hydrogen-bond acceptors (Lipinski definition) is 5. The van der Waals surface area contributed by atoms with Crippen molar-refractivity contribution in [3.8, 4) is 0 Å². The lowest BCUT2D eigenvalue weighted by molar-refractivity contribution is -0.135. The molecule has 2 aliphatic rings. The van der Waals surface area contributed by atoms with Crippen LogP contribution in [0.1, 0.15) is 66.8 Å². The van der Waals surface area contributed by atoms with Crippen molar-refractivity contribution in [3.05, 3.63) is 53.4 Å². The first-order chi connectivity index (χ1) is 15.0. The largest absolute Gasteiger partial charge is 0.360 e. The van der Waals surface area contributed by atoms with E-state index in [1.54, 1.807) is 6.07 Å². The van der Waals surface area contributed by atoms with Gasteiger partial charge in [-0.3, -0.25) is 9.59 Å². The Hall–Kier alpha value is -2.67. The molecule has 1 aliphatic heterocycles. The number of benzene rings is 1. The molecular weight excluding hydrogens is 392 g/mol. The topological polar surface area (TPSA) is 101 Å². The average Bonchev–Trinajstić information content (AvgIpc) is 3.50. The number of piperidine rings is 1. The lowest BCUT2D eigenvalue weighted by atomic mass is 9.93. The molecule has 7 heteroatoms. The number of nitrogens with two attached hydrogens (primary N) is 1. The Labute approximate surface area is 183 Å². The maximum atomic E-state index is 13.0. The molecule has 4 rings (SSSR count). The number of nitrogens with zero attached hydrogens (tertiary/aromatic N) is 2. The summed E-state index contributed by atoms with van der Waals surface area (Å²) in [5.74, 6) is 1.33. The van der Waals surface area contributed by atoms with Crippen molar-refractivity contribution in [3.63, 3.8) is 0 Å². The molecule has 1 unspecified atom stereocenters. The standard InChI is InChI=1S/C24H32N4O3/c1-16-11-20(26-24(30)21-14-22(31-27-21)19-7-8-19)9-10-28(16)23(29)13-18(15-25)12-17-5-3-2-4-6-17/h2-6,14,16,18-20H,7-13,15,25H2,1H3,(H,26,30)/t16-,18?,20-/m1/s1. The van der Waals surface area contributed by atoms with E-state index in [2.05, 4.69) is 22.6 Å². The smallest absolute Gasteiger partial charge is 0.273 e. The molecule has 0 spiro atoms. The summed E-state index contributed by atoms with van der Waals surface area (Å²) in [6.45, 7) is 3.17. The molecule has 2 heterocycles. The normalized spacial score (nSPS) is 22.2. The molecular formula is C24H32N4O3. The fourth-order valence-electron chi connectivity index (χ4n) is 4.44. The van der Waals surface area contributed by atoms with Gasteiger partial charge in [0, 0.05) is 37.0 Å². The Bertz CT molecular complexity index is 893. The van der Waals surface area contributed by atoms with Crippen LogP contribution in [0.3, 0.4) is 0 Å². The van der Waals surface area contributed by atoms with E-state index in [0.717, 1.165) is 37.9 Å². The highest BCUT2D eigenvalue weighted by molar-refractivity contribution is 5.92. The number of carbonyl (C=O) groups is 2. The number of carbonyl (C=O) groups excluding carboxylic acids is 2. The van der Waals surface area contributed by atoms with Crippen LogP contribution in [0.2, 0.25) is 0 Å². The third-order valence-corrected chi connectivity index (χ3v) is 6.44. The van der Waals surface area contributed by atoms with Gasteiger partial charge in [-0.25, -0.2) is 0 Å². The lowest BCUT2D eigenvalue weighted by Gasteiger charge is -2.38. The fraction of sp³-hybridized carbons (Fsp3) is 0.542. The molecule has 1 aromatic carbocycles. The molecule has 2 amide bonds. The Kier molecular flexibility index (Phi) is 6.70. The van der Waals surface area contributed by atoms with Crippen LogP contribution in [-0.4, -0.2) is 47.0 Å². The van der Waals surface area contributed by atoms with Gasteiger partial charge in [0.25, 0.3) is 5.91 Å². The second-order valence-corrected chi connectivity index (χ2v) is 9.02. The first-order valence-corrected chi connectivity index (χ1v) is 11.3. The zero-order valence-corrected chi connectivity index (χ0v) is 18.1. The fourth-order valence-corrected chi connectivity index (χ4v) is 4.44. The Balaban J connectivity index is 1.26. The number of likely N-dealkylation sites (tertiary alicyclic amines) is 1. The van der Waals surface area contributed by atoms with Crippen molar-refractivity contribution in [1.29, 1.82) is 0 Å². The molecule has 7 nitrogen and oxygen atoms in total. The predicted molar refractivity (Wildman–Crippen MR) is 117 cm³/mol. The monoisotopic (exact) mass is 424 g/mol. The molecule has 2 aromatic rings. The molecule has 1 saturated heterocycles. The van der Waals surface area contributed by atoms with E-state index in [1.165, 1.54) is 5.56 Å². The molecule has 166 valence electrons. The number of hydrogen-bond donors (Lipinski definition) is 2. The van der Waals surface area contributed by atoms with Gasteiger partial charge in [-0.15, -0.1) is 0 Å². The van der Waals surface area contributed by atoms with E-state index < -0.39 is 0 Å². The van der Waals surface area contributed by atoms with E-state index in [1.807, 2.05) is 30.0 Å². The van der Waals surface area contributed by atoms with Crippen molar-refractivity contribution in [1.82, 2.24) is 15.4 Å². The third-order valence-electron chi connectivity index (χ3n) is 6.44. The summed E-state index contributed by atoms with van der Waals surface area (Å²) in [5, 5.41) is 6.98. The zero-order chi connectivity index (χ0) is 21.8. The van der Waals surface area contributed by atoms with Crippen LogP contribution in [0.4, 0.5) is 0 Å². The number of amides is 2. The van der Waals surface area contributed by atoms with Crippen molar-refractivity contribution >= 4 is 11.8 Å². The van der Waals surface area contributed by atoms with Crippen LogP contribution < -0.4 is 11.1 Å². The van der Waals surface area contributed by atoms with Gasteiger partial charge >= 0.3 is 0 Å². The Morgan fingerprint density at radius 3 is 2.71 bits per heavy atom. The quantitative estimate of drug-likeness (QED) is 0.678. The van der Waals surface area contributed by atoms with Crippen molar-refractivity contribution < 1.29 is 14.1 Å². The summed E-state index contributed by atoms with van der Waals surface area (Å²) in [5.41, 5.74) is 7.51. The first kappa shape index (κ1) is 21.6. The maximum absolute atomic E-state index is 13.0. The van der Waals surface area contributed by atoms with Crippen LogP contribution in [0.5, 0.6) is 0 Å². The summed E-state index contributed by atoms with van der Waals surface area (Å²) in [6, 6.07) is 12.0. The van der Waals surface area contributed by atoms with Crippen LogP contribution in [0.25, 0.3) is 0 Å².